The number of fused-ring (bicyclic) bond motifs is 5. The van der Waals surface area contributed by atoms with Gasteiger partial charge >= 0.3 is 0 Å². The van der Waals surface area contributed by atoms with E-state index >= 15 is 0 Å². The smallest absolute Gasteiger partial charge is 0.257 e. The second kappa shape index (κ2) is 6.32. The van der Waals surface area contributed by atoms with Crippen LogP contribution < -0.4 is 11.3 Å². The number of ether oxygens (including phenoxy) is 1. The van der Waals surface area contributed by atoms with Crippen LogP contribution in [0.1, 0.15) is 35.6 Å². The lowest BCUT2D eigenvalue weighted by molar-refractivity contribution is -0.236. The monoisotopic (exact) mass is 413 g/mol. The molecule has 0 saturated carbocycles. The third-order valence-corrected chi connectivity index (χ3v) is 6.24. The van der Waals surface area contributed by atoms with Crippen molar-refractivity contribution in [1.82, 2.24) is 9.55 Å². The number of rotatable bonds is 2. The lowest BCUT2D eigenvalue weighted by Crippen LogP contribution is -2.47. The van der Waals surface area contributed by atoms with E-state index in [-0.39, 0.29) is 43.0 Å². The number of nitrogens with zero attached hydrogens (tertiary/aromatic N) is 2. The van der Waals surface area contributed by atoms with E-state index in [2.05, 4.69) is 4.98 Å². The van der Waals surface area contributed by atoms with Crippen LogP contribution in [-0.4, -0.2) is 31.2 Å². The Morgan fingerprint density at radius 2 is 2.13 bits per heavy atom. The van der Waals surface area contributed by atoms with Gasteiger partial charge in [0.25, 0.3) is 5.56 Å². The number of benzene rings is 1. The standard InChI is InChI=1S/C21H20FN3O5/c1-2-21(29)13-4-17-18-10(6-25(17)19(27)12(13)8-30-20(21)28)11(7-26)9-3-15(23)14(22)5-16(9)24-18/h3-5,20,26,28-29H,2,6-8,23H2,1H3/t20?,21-/m0/s1. The fourth-order valence-corrected chi connectivity index (χ4v) is 4.49. The van der Waals surface area contributed by atoms with E-state index < -0.39 is 17.7 Å². The number of hydrogen-bond donors (Lipinski definition) is 4. The van der Waals surface area contributed by atoms with Crippen LogP contribution in [0.25, 0.3) is 22.3 Å². The van der Waals surface area contributed by atoms with Gasteiger partial charge in [-0.3, -0.25) is 4.79 Å². The number of anilines is 1. The summed E-state index contributed by atoms with van der Waals surface area (Å²) in [7, 11) is 0. The largest absolute Gasteiger partial charge is 0.396 e. The summed E-state index contributed by atoms with van der Waals surface area (Å²) in [6, 6.07) is 4.26. The Balaban J connectivity index is 1.83. The molecule has 0 aliphatic carbocycles. The molecular weight excluding hydrogens is 393 g/mol. The van der Waals surface area contributed by atoms with Gasteiger partial charge in [-0.05, 0) is 24.1 Å². The van der Waals surface area contributed by atoms with Crippen molar-refractivity contribution in [3.63, 3.8) is 0 Å². The van der Waals surface area contributed by atoms with Crippen molar-refractivity contribution in [3.8, 4) is 11.4 Å². The highest BCUT2D eigenvalue weighted by atomic mass is 19.1. The van der Waals surface area contributed by atoms with E-state index in [9.17, 15) is 24.5 Å². The quantitative estimate of drug-likeness (QED) is 0.362. The summed E-state index contributed by atoms with van der Waals surface area (Å²) in [6.45, 7) is 1.39. The Kier molecular flexibility index (Phi) is 4.03. The molecule has 2 aromatic heterocycles. The topological polar surface area (TPSA) is 131 Å². The number of aromatic nitrogens is 2. The SMILES string of the molecule is CC[C@]1(O)c2cc3n(c(=O)c2COC1O)Cc1c-3nc2cc(F)c(N)cc2c1CO. The van der Waals surface area contributed by atoms with Crippen LogP contribution in [0, 0.1) is 5.82 Å². The molecule has 1 unspecified atom stereocenters. The average Bonchev–Trinajstić information content (AvgIpc) is 3.09. The predicted molar refractivity (Wildman–Crippen MR) is 106 cm³/mol. The fourth-order valence-electron chi connectivity index (χ4n) is 4.49. The minimum absolute atomic E-state index is 0.0544. The first-order chi connectivity index (χ1) is 14.3. The zero-order chi connectivity index (χ0) is 21.4. The minimum Gasteiger partial charge on any atom is -0.396 e. The highest BCUT2D eigenvalue weighted by Gasteiger charge is 2.44. The number of halogens is 1. The van der Waals surface area contributed by atoms with Crippen LogP contribution in [0.2, 0.25) is 0 Å². The summed E-state index contributed by atoms with van der Waals surface area (Å²) < 4.78 is 20.8. The number of aliphatic hydroxyl groups is 3. The van der Waals surface area contributed by atoms with E-state index in [4.69, 9.17) is 10.5 Å². The normalized spacial score (nSPS) is 22.1. The number of pyridine rings is 2. The van der Waals surface area contributed by atoms with E-state index in [1.165, 1.54) is 16.7 Å². The molecule has 8 nitrogen and oxygen atoms in total. The Morgan fingerprint density at radius 3 is 2.83 bits per heavy atom. The summed E-state index contributed by atoms with van der Waals surface area (Å²) in [5, 5.41) is 31.8. The van der Waals surface area contributed by atoms with Gasteiger partial charge in [-0.2, -0.15) is 0 Å². The molecule has 5 N–H and O–H groups in total. The van der Waals surface area contributed by atoms with Crippen LogP contribution in [0.3, 0.4) is 0 Å². The highest BCUT2D eigenvalue weighted by molar-refractivity contribution is 5.90. The maximum absolute atomic E-state index is 14.1. The molecular formula is C21H20FN3O5. The summed E-state index contributed by atoms with van der Waals surface area (Å²) >= 11 is 0. The highest BCUT2D eigenvalue weighted by Crippen LogP contribution is 2.41. The first-order valence-corrected chi connectivity index (χ1v) is 9.61. The molecule has 9 heteroatoms. The third kappa shape index (κ3) is 2.34. The van der Waals surface area contributed by atoms with Crippen LogP contribution in [0.5, 0.6) is 0 Å². The van der Waals surface area contributed by atoms with Gasteiger partial charge < -0.3 is 30.4 Å². The molecule has 156 valence electrons. The second-order valence-electron chi connectivity index (χ2n) is 7.72. The van der Waals surface area contributed by atoms with Gasteiger partial charge in [0.2, 0.25) is 0 Å². The molecule has 4 heterocycles. The van der Waals surface area contributed by atoms with Crippen LogP contribution in [0.15, 0.2) is 23.0 Å². The number of nitrogens with two attached hydrogens (primary N) is 1. The van der Waals surface area contributed by atoms with Crippen molar-refractivity contribution in [2.45, 2.75) is 45.0 Å². The Bertz CT molecular complexity index is 1290. The van der Waals surface area contributed by atoms with E-state index in [0.717, 1.165) is 0 Å². The first-order valence-electron chi connectivity index (χ1n) is 9.61. The third-order valence-electron chi connectivity index (χ3n) is 6.24. The van der Waals surface area contributed by atoms with E-state index in [1.54, 1.807) is 13.0 Å². The second-order valence-corrected chi connectivity index (χ2v) is 7.72. The molecule has 2 aliphatic heterocycles. The lowest BCUT2D eigenvalue weighted by atomic mass is 9.85. The molecule has 2 atom stereocenters. The van der Waals surface area contributed by atoms with Crippen LogP contribution >= 0.6 is 0 Å². The number of aliphatic hydroxyl groups excluding tert-OH is 2. The minimum atomic E-state index is -1.73. The van der Waals surface area contributed by atoms with Gasteiger partial charge in [0.1, 0.15) is 11.4 Å². The molecule has 0 radical (unpaired) electrons. The van der Waals surface area contributed by atoms with Crippen molar-refractivity contribution in [2.24, 2.45) is 0 Å². The molecule has 0 fully saturated rings. The van der Waals surface area contributed by atoms with E-state index in [1.807, 2.05) is 0 Å². The van der Waals surface area contributed by atoms with Crippen molar-refractivity contribution in [1.29, 1.82) is 0 Å². The molecule has 2 aliphatic rings. The van der Waals surface area contributed by atoms with Crippen LogP contribution in [0.4, 0.5) is 10.1 Å². The molecule has 0 amide bonds. The predicted octanol–water partition coefficient (Wildman–Crippen LogP) is 1.08. The van der Waals surface area contributed by atoms with Gasteiger partial charge in [0.15, 0.2) is 6.29 Å². The molecule has 0 bridgehead atoms. The van der Waals surface area contributed by atoms with E-state index in [0.29, 0.717) is 39.0 Å². The van der Waals surface area contributed by atoms with Gasteiger partial charge in [-0.1, -0.05) is 6.92 Å². The summed E-state index contributed by atoms with van der Waals surface area (Å²) in [4.78, 5) is 17.8. The zero-order valence-electron chi connectivity index (χ0n) is 16.1. The average molecular weight is 413 g/mol. The van der Waals surface area contributed by atoms with Crippen LogP contribution in [-0.2, 0) is 30.1 Å². The molecule has 0 spiro atoms. The molecule has 0 saturated heterocycles. The number of hydrogen-bond acceptors (Lipinski definition) is 7. The summed E-state index contributed by atoms with van der Waals surface area (Å²) in [6.07, 6.45) is -1.33. The summed E-state index contributed by atoms with van der Waals surface area (Å²) in [5.74, 6) is -0.625. The van der Waals surface area contributed by atoms with Crippen molar-refractivity contribution >= 4 is 16.6 Å². The molecule has 30 heavy (non-hydrogen) atoms. The lowest BCUT2D eigenvalue weighted by Gasteiger charge is -2.37. The van der Waals surface area contributed by atoms with Crippen molar-refractivity contribution in [2.75, 3.05) is 5.73 Å². The Morgan fingerprint density at radius 1 is 1.37 bits per heavy atom. The maximum atomic E-state index is 14.1. The van der Waals surface area contributed by atoms with Crippen molar-refractivity contribution in [3.05, 3.63) is 56.6 Å². The fraction of sp³-hybridized carbons (Fsp3) is 0.333. The first kappa shape index (κ1) is 19.1. The summed E-state index contributed by atoms with van der Waals surface area (Å²) in [5.41, 5.74) is 6.43. The molecule has 5 rings (SSSR count). The Hall–Kier alpha value is -2.85. The Labute approximate surface area is 170 Å². The maximum Gasteiger partial charge on any atom is 0.257 e. The molecule has 1 aromatic carbocycles. The number of nitrogen functional groups attached to an aromatic ring is 1. The van der Waals surface area contributed by atoms with Gasteiger partial charge in [0, 0.05) is 28.1 Å². The van der Waals surface area contributed by atoms with Gasteiger partial charge in [-0.25, -0.2) is 9.37 Å². The molecule has 3 aromatic rings. The zero-order valence-corrected chi connectivity index (χ0v) is 16.1. The van der Waals surface area contributed by atoms with Gasteiger partial charge in [0.05, 0.1) is 42.4 Å². The van der Waals surface area contributed by atoms with Crippen molar-refractivity contribution < 1.29 is 24.4 Å². The van der Waals surface area contributed by atoms with Gasteiger partial charge in [-0.15, -0.1) is 0 Å².